The number of primary amides is 2. The number of amides is 2. The van der Waals surface area contributed by atoms with E-state index in [1.54, 1.807) is 26.0 Å². The standard InChI is InChI=1S/C14H24N4O2/c1-5-7-9-13(3,11(15)19)17-18-14(4,12(16)20)10-8-6-2/h5-6H,1-2,7-10H2,3-4H3,(H2,15,19)(H2,16,20). The molecule has 20 heavy (non-hydrogen) atoms. The van der Waals surface area contributed by atoms with Crippen molar-refractivity contribution in [2.24, 2.45) is 21.7 Å². The highest BCUT2D eigenvalue weighted by molar-refractivity contribution is 5.85. The van der Waals surface area contributed by atoms with E-state index in [2.05, 4.69) is 23.4 Å². The quantitative estimate of drug-likeness (QED) is 0.470. The summed E-state index contributed by atoms with van der Waals surface area (Å²) >= 11 is 0. The van der Waals surface area contributed by atoms with Crippen LogP contribution in [0, 0.1) is 0 Å². The molecule has 4 N–H and O–H groups in total. The van der Waals surface area contributed by atoms with E-state index >= 15 is 0 Å². The van der Waals surface area contributed by atoms with Gasteiger partial charge in [0.2, 0.25) is 11.8 Å². The maximum absolute atomic E-state index is 11.5. The Morgan fingerprint density at radius 2 is 1.25 bits per heavy atom. The van der Waals surface area contributed by atoms with Crippen LogP contribution in [-0.2, 0) is 9.59 Å². The Kier molecular flexibility index (Phi) is 6.82. The molecule has 0 radical (unpaired) electrons. The largest absolute Gasteiger partial charge is 0.368 e. The van der Waals surface area contributed by atoms with Gasteiger partial charge in [-0.3, -0.25) is 9.59 Å². The Labute approximate surface area is 120 Å². The SMILES string of the molecule is C=CCCC(C)(N=NC(C)(CCC=C)C(N)=O)C(N)=O. The van der Waals surface area contributed by atoms with E-state index in [9.17, 15) is 9.59 Å². The van der Waals surface area contributed by atoms with Crippen molar-refractivity contribution in [1.29, 1.82) is 0 Å². The van der Waals surface area contributed by atoms with Gasteiger partial charge < -0.3 is 11.5 Å². The van der Waals surface area contributed by atoms with Crippen LogP contribution < -0.4 is 11.5 Å². The lowest BCUT2D eigenvalue weighted by Gasteiger charge is -2.24. The minimum Gasteiger partial charge on any atom is -0.368 e. The van der Waals surface area contributed by atoms with Crippen LogP contribution in [0.5, 0.6) is 0 Å². The van der Waals surface area contributed by atoms with Crippen molar-refractivity contribution in [1.82, 2.24) is 0 Å². The van der Waals surface area contributed by atoms with Crippen molar-refractivity contribution in [3.63, 3.8) is 0 Å². The Hall–Kier alpha value is -1.98. The van der Waals surface area contributed by atoms with Crippen LogP contribution in [0.1, 0.15) is 39.5 Å². The molecule has 0 aromatic rings. The van der Waals surface area contributed by atoms with Gasteiger partial charge in [-0.25, -0.2) is 0 Å². The molecule has 0 aromatic heterocycles. The van der Waals surface area contributed by atoms with Gasteiger partial charge in [0, 0.05) is 0 Å². The summed E-state index contributed by atoms with van der Waals surface area (Å²) in [6.45, 7) is 10.3. The number of azo groups is 1. The van der Waals surface area contributed by atoms with Crippen LogP contribution in [-0.4, -0.2) is 22.9 Å². The highest BCUT2D eigenvalue weighted by Crippen LogP contribution is 2.24. The Morgan fingerprint density at radius 3 is 1.45 bits per heavy atom. The van der Waals surface area contributed by atoms with Gasteiger partial charge in [0.05, 0.1) is 0 Å². The molecule has 2 atom stereocenters. The zero-order chi connectivity index (χ0) is 15.8. The molecule has 0 aromatic carbocycles. The van der Waals surface area contributed by atoms with Gasteiger partial charge in [-0.15, -0.1) is 13.2 Å². The summed E-state index contributed by atoms with van der Waals surface area (Å²) in [6, 6.07) is 0. The fraction of sp³-hybridized carbons (Fsp3) is 0.571. The summed E-state index contributed by atoms with van der Waals surface area (Å²) in [6.07, 6.45) is 5.23. The molecule has 0 saturated heterocycles. The zero-order valence-corrected chi connectivity index (χ0v) is 12.3. The first-order valence-electron chi connectivity index (χ1n) is 6.47. The van der Waals surface area contributed by atoms with Crippen molar-refractivity contribution in [2.45, 2.75) is 50.6 Å². The second kappa shape index (κ2) is 7.57. The van der Waals surface area contributed by atoms with Crippen molar-refractivity contribution < 1.29 is 9.59 Å². The monoisotopic (exact) mass is 280 g/mol. The first kappa shape index (κ1) is 18.0. The average molecular weight is 280 g/mol. The van der Waals surface area contributed by atoms with Crippen LogP contribution in [0.15, 0.2) is 35.5 Å². The summed E-state index contributed by atoms with van der Waals surface area (Å²) in [5, 5.41) is 8.01. The molecular weight excluding hydrogens is 256 g/mol. The van der Waals surface area contributed by atoms with Gasteiger partial charge in [0.1, 0.15) is 0 Å². The predicted octanol–water partition coefficient (Wildman–Crippen LogP) is 1.86. The van der Waals surface area contributed by atoms with Gasteiger partial charge in [-0.1, -0.05) is 12.2 Å². The summed E-state index contributed by atoms with van der Waals surface area (Å²) < 4.78 is 0. The molecule has 0 rings (SSSR count). The van der Waals surface area contributed by atoms with E-state index in [1.807, 2.05) is 0 Å². The molecule has 0 aliphatic heterocycles. The molecular formula is C14H24N4O2. The van der Waals surface area contributed by atoms with Crippen LogP contribution in [0.25, 0.3) is 0 Å². The number of carbonyl (C=O) groups excluding carboxylic acids is 2. The van der Waals surface area contributed by atoms with Crippen molar-refractivity contribution in [3.05, 3.63) is 25.3 Å². The fourth-order valence-corrected chi connectivity index (χ4v) is 1.43. The minimum atomic E-state index is -1.17. The van der Waals surface area contributed by atoms with Gasteiger partial charge in [-0.05, 0) is 39.5 Å². The third kappa shape index (κ3) is 4.95. The van der Waals surface area contributed by atoms with E-state index in [0.29, 0.717) is 25.7 Å². The summed E-state index contributed by atoms with van der Waals surface area (Å²) in [5.41, 5.74) is 8.38. The number of hydrogen-bond donors (Lipinski definition) is 2. The van der Waals surface area contributed by atoms with Gasteiger partial charge in [-0.2, -0.15) is 10.2 Å². The number of carbonyl (C=O) groups is 2. The maximum atomic E-state index is 11.5. The van der Waals surface area contributed by atoms with E-state index in [-0.39, 0.29) is 0 Å². The first-order valence-corrected chi connectivity index (χ1v) is 6.47. The molecule has 0 heterocycles. The fourth-order valence-electron chi connectivity index (χ4n) is 1.43. The number of nitrogens with two attached hydrogens (primary N) is 2. The minimum absolute atomic E-state index is 0.381. The second-order valence-corrected chi connectivity index (χ2v) is 5.13. The van der Waals surface area contributed by atoms with E-state index < -0.39 is 22.9 Å². The summed E-state index contributed by atoms with van der Waals surface area (Å²) in [4.78, 5) is 23.1. The van der Waals surface area contributed by atoms with E-state index in [0.717, 1.165) is 0 Å². The molecule has 0 saturated carbocycles. The predicted molar refractivity (Wildman–Crippen MR) is 78.9 cm³/mol. The van der Waals surface area contributed by atoms with E-state index in [4.69, 9.17) is 11.5 Å². The molecule has 0 aliphatic rings. The lowest BCUT2D eigenvalue weighted by molar-refractivity contribution is -0.124. The number of nitrogens with zero attached hydrogens (tertiary/aromatic N) is 2. The van der Waals surface area contributed by atoms with Crippen molar-refractivity contribution in [2.75, 3.05) is 0 Å². The summed E-state index contributed by atoms with van der Waals surface area (Å²) in [7, 11) is 0. The van der Waals surface area contributed by atoms with Crippen LogP contribution in [0.3, 0.4) is 0 Å². The third-order valence-corrected chi connectivity index (χ3v) is 3.22. The van der Waals surface area contributed by atoms with E-state index in [1.165, 1.54) is 0 Å². The highest BCUT2D eigenvalue weighted by Gasteiger charge is 2.35. The molecule has 0 spiro atoms. The van der Waals surface area contributed by atoms with Crippen LogP contribution in [0.4, 0.5) is 0 Å². The smallest absolute Gasteiger partial charge is 0.246 e. The first-order chi connectivity index (χ1) is 9.22. The average Bonchev–Trinajstić information content (AvgIpc) is 2.40. The molecule has 112 valence electrons. The normalized spacial score (nSPS) is 17.1. The van der Waals surface area contributed by atoms with Crippen molar-refractivity contribution >= 4 is 11.8 Å². The molecule has 0 bridgehead atoms. The Morgan fingerprint density at radius 1 is 0.950 bits per heavy atom. The molecule has 6 heteroatoms. The van der Waals surface area contributed by atoms with Gasteiger partial charge >= 0.3 is 0 Å². The lowest BCUT2D eigenvalue weighted by Crippen LogP contribution is -2.42. The van der Waals surface area contributed by atoms with Gasteiger partial charge in [0.15, 0.2) is 11.1 Å². The maximum Gasteiger partial charge on any atom is 0.246 e. The van der Waals surface area contributed by atoms with Gasteiger partial charge in [0.25, 0.3) is 0 Å². The highest BCUT2D eigenvalue weighted by atomic mass is 16.2. The molecule has 2 unspecified atom stereocenters. The number of hydrogen-bond acceptors (Lipinski definition) is 4. The lowest BCUT2D eigenvalue weighted by atomic mass is 9.95. The van der Waals surface area contributed by atoms with Crippen molar-refractivity contribution in [3.8, 4) is 0 Å². The third-order valence-electron chi connectivity index (χ3n) is 3.22. The van der Waals surface area contributed by atoms with Crippen LogP contribution in [0.2, 0.25) is 0 Å². The topological polar surface area (TPSA) is 111 Å². The Bertz CT molecular complexity index is 381. The molecule has 0 fully saturated rings. The zero-order valence-electron chi connectivity index (χ0n) is 12.3. The Balaban J connectivity index is 5.23. The molecule has 0 aliphatic carbocycles. The number of rotatable bonds is 10. The molecule has 6 nitrogen and oxygen atoms in total. The summed E-state index contributed by atoms with van der Waals surface area (Å²) in [5.74, 6) is -1.20. The second-order valence-electron chi connectivity index (χ2n) is 5.13. The number of allylic oxidation sites excluding steroid dienone is 2. The van der Waals surface area contributed by atoms with Crippen LogP contribution >= 0.6 is 0 Å². The molecule has 2 amide bonds.